The van der Waals surface area contributed by atoms with Gasteiger partial charge in [-0.2, -0.15) is 0 Å². The van der Waals surface area contributed by atoms with E-state index in [4.69, 9.17) is 0 Å². The van der Waals surface area contributed by atoms with E-state index >= 15 is 0 Å². The van der Waals surface area contributed by atoms with Gasteiger partial charge in [0, 0.05) is 24.3 Å². The molecule has 0 atom stereocenters. The summed E-state index contributed by atoms with van der Waals surface area (Å²) >= 11 is 3.30. The van der Waals surface area contributed by atoms with E-state index < -0.39 is 0 Å². The van der Waals surface area contributed by atoms with E-state index in [1.54, 1.807) is 24.2 Å². The second-order valence-corrected chi connectivity index (χ2v) is 4.30. The van der Waals surface area contributed by atoms with Crippen LogP contribution in [0.15, 0.2) is 29.4 Å². The third-order valence-electron chi connectivity index (χ3n) is 2.13. The lowest BCUT2D eigenvalue weighted by Crippen LogP contribution is -2.27. The van der Waals surface area contributed by atoms with Crippen molar-refractivity contribution in [2.45, 2.75) is 12.8 Å². The highest BCUT2D eigenvalue weighted by molar-refractivity contribution is 9.10. The minimum atomic E-state index is 0.0183. The van der Waals surface area contributed by atoms with Gasteiger partial charge in [0.2, 0.25) is 0 Å². The molecule has 1 N–H and O–H groups in total. The van der Waals surface area contributed by atoms with Crippen LogP contribution in [-0.2, 0) is 0 Å². The summed E-state index contributed by atoms with van der Waals surface area (Å²) < 4.78 is 0.894. The van der Waals surface area contributed by atoms with E-state index in [-0.39, 0.29) is 5.91 Å². The lowest BCUT2D eigenvalue weighted by molar-refractivity contribution is 0.0789. The monoisotopic (exact) mass is 270 g/mol. The molecule has 4 heteroatoms. The zero-order valence-electron chi connectivity index (χ0n) is 8.79. The highest BCUT2D eigenvalue weighted by Crippen LogP contribution is 2.12. The molecule has 1 heterocycles. The van der Waals surface area contributed by atoms with Crippen molar-refractivity contribution in [3.05, 3.63) is 35.1 Å². The number of hydrogen-bond acceptors (Lipinski definition) is 1. The van der Waals surface area contributed by atoms with Crippen LogP contribution in [0.2, 0.25) is 0 Å². The van der Waals surface area contributed by atoms with Gasteiger partial charge in [-0.25, -0.2) is 0 Å². The smallest absolute Gasteiger partial charge is 0.270 e. The van der Waals surface area contributed by atoms with Crippen LogP contribution in [0.3, 0.4) is 0 Å². The molecule has 1 aromatic rings. The standard InChI is InChI=1S/C11H15BrN2O/c1-3-4-5-6-14(2)11(15)10-7-9(12)8-13-10/h3,7-8,13H,1,4-6H2,2H3. The van der Waals surface area contributed by atoms with Gasteiger partial charge in [0.1, 0.15) is 5.69 Å². The summed E-state index contributed by atoms with van der Waals surface area (Å²) in [6.07, 6.45) is 5.51. The van der Waals surface area contributed by atoms with Crippen LogP contribution in [0.5, 0.6) is 0 Å². The summed E-state index contributed by atoms with van der Waals surface area (Å²) in [5.41, 5.74) is 0.614. The average molecular weight is 271 g/mol. The number of unbranched alkanes of at least 4 members (excludes halogenated alkanes) is 1. The molecule has 0 saturated carbocycles. The second kappa shape index (κ2) is 5.75. The van der Waals surface area contributed by atoms with E-state index in [1.165, 1.54) is 0 Å². The molecule has 0 spiro atoms. The molecule has 1 aromatic heterocycles. The van der Waals surface area contributed by atoms with Crippen LogP contribution in [0, 0.1) is 0 Å². The molecule has 0 radical (unpaired) electrons. The van der Waals surface area contributed by atoms with E-state index in [1.807, 2.05) is 6.08 Å². The number of hydrogen-bond donors (Lipinski definition) is 1. The van der Waals surface area contributed by atoms with Crippen molar-refractivity contribution in [3.63, 3.8) is 0 Å². The number of nitrogens with zero attached hydrogens (tertiary/aromatic N) is 1. The number of halogens is 1. The summed E-state index contributed by atoms with van der Waals surface area (Å²) in [4.78, 5) is 16.4. The molecule has 1 amide bonds. The van der Waals surface area contributed by atoms with E-state index in [2.05, 4.69) is 27.5 Å². The first-order valence-electron chi connectivity index (χ1n) is 4.85. The first-order chi connectivity index (χ1) is 7.15. The lowest BCUT2D eigenvalue weighted by atomic mass is 10.3. The van der Waals surface area contributed by atoms with Crippen molar-refractivity contribution in [1.82, 2.24) is 9.88 Å². The molecular formula is C11H15BrN2O. The third kappa shape index (κ3) is 3.55. The molecule has 0 saturated heterocycles. The Morgan fingerprint density at radius 1 is 1.73 bits per heavy atom. The van der Waals surface area contributed by atoms with Gasteiger partial charge in [0.15, 0.2) is 0 Å². The number of nitrogens with one attached hydrogen (secondary N) is 1. The van der Waals surface area contributed by atoms with Crippen LogP contribution < -0.4 is 0 Å². The Labute approximate surface area is 98.3 Å². The summed E-state index contributed by atoms with van der Waals surface area (Å²) in [7, 11) is 1.81. The maximum absolute atomic E-state index is 11.8. The minimum absolute atomic E-state index is 0.0183. The molecule has 0 aromatic carbocycles. The number of aromatic amines is 1. The SMILES string of the molecule is C=CCCCN(C)C(=O)c1cc(Br)c[nH]1. The third-order valence-corrected chi connectivity index (χ3v) is 2.58. The van der Waals surface area contributed by atoms with Gasteiger partial charge in [0.05, 0.1) is 0 Å². The summed E-state index contributed by atoms with van der Waals surface area (Å²) in [6.45, 7) is 4.40. The summed E-state index contributed by atoms with van der Waals surface area (Å²) in [5, 5.41) is 0. The molecule has 0 aliphatic carbocycles. The molecule has 3 nitrogen and oxygen atoms in total. The summed E-state index contributed by atoms with van der Waals surface area (Å²) in [6, 6.07) is 1.78. The number of carbonyl (C=O) groups is 1. The summed E-state index contributed by atoms with van der Waals surface area (Å²) in [5.74, 6) is 0.0183. The maximum atomic E-state index is 11.8. The highest BCUT2D eigenvalue weighted by atomic mass is 79.9. The number of aromatic nitrogens is 1. The molecule has 0 aliphatic rings. The van der Waals surface area contributed by atoms with Gasteiger partial charge in [0.25, 0.3) is 5.91 Å². The number of rotatable bonds is 5. The predicted molar refractivity (Wildman–Crippen MR) is 64.9 cm³/mol. The van der Waals surface area contributed by atoms with Crippen LogP contribution in [0.1, 0.15) is 23.3 Å². The van der Waals surface area contributed by atoms with Gasteiger partial charge in [-0.1, -0.05) is 6.08 Å². The van der Waals surface area contributed by atoms with Crippen LogP contribution in [-0.4, -0.2) is 29.4 Å². The Morgan fingerprint density at radius 2 is 2.47 bits per heavy atom. The number of carbonyl (C=O) groups excluding carboxylic acids is 1. The molecule has 0 bridgehead atoms. The molecule has 0 unspecified atom stereocenters. The first kappa shape index (κ1) is 12.0. The van der Waals surface area contributed by atoms with Gasteiger partial charge in [-0.05, 0) is 34.8 Å². The Morgan fingerprint density at radius 3 is 3.00 bits per heavy atom. The second-order valence-electron chi connectivity index (χ2n) is 3.39. The van der Waals surface area contributed by atoms with E-state index in [0.717, 1.165) is 23.9 Å². The minimum Gasteiger partial charge on any atom is -0.356 e. The Kier molecular flexibility index (Phi) is 4.62. The number of amides is 1. The quantitative estimate of drug-likeness (QED) is 0.648. The molecule has 15 heavy (non-hydrogen) atoms. The normalized spacial score (nSPS) is 10.0. The molecule has 0 aliphatic heterocycles. The van der Waals surface area contributed by atoms with Crippen molar-refractivity contribution in [2.75, 3.05) is 13.6 Å². The highest BCUT2D eigenvalue weighted by Gasteiger charge is 2.12. The number of H-pyrrole nitrogens is 1. The fraction of sp³-hybridized carbons (Fsp3) is 0.364. The van der Waals surface area contributed by atoms with Gasteiger partial charge in [-0.15, -0.1) is 6.58 Å². The molecule has 82 valence electrons. The Balaban J connectivity index is 2.49. The van der Waals surface area contributed by atoms with Crippen LogP contribution in [0.4, 0.5) is 0 Å². The fourth-order valence-electron chi connectivity index (χ4n) is 1.27. The zero-order valence-corrected chi connectivity index (χ0v) is 10.4. The maximum Gasteiger partial charge on any atom is 0.270 e. The van der Waals surface area contributed by atoms with E-state index in [9.17, 15) is 4.79 Å². The fourth-order valence-corrected chi connectivity index (χ4v) is 1.61. The first-order valence-corrected chi connectivity index (χ1v) is 5.64. The topological polar surface area (TPSA) is 36.1 Å². The van der Waals surface area contributed by atoms with Crippen molar-refractivity contribution in [3.8, 4) is 0 Å². The van der Waals surface area contributed by atoms with Crippen molar-refractivity contribution in [2.24, 2.45) is 0 Å². The van der Waals surface area contributed by atoms with Crippen LogP contribution in [0.25, 0.3) is 0 Å². The van der Waals surface area contributed by atoms with Crippen LogP contribution >= 0.6 is 15.9 Å². The zero-order chi connectivity index (χ0) is 11.3. The van der Waals surface area contributed by atoms with E-state index in [0.29, 0.717) is 5.69 Å². The average Bonchev–Trinajstić information content (AvgIpc) is 2.64. The Hall–Kier alpha value is -1.03. The van der Waals surface area contributed by atoms with Gasteiger partial charge in [-0.3, -0.25) is 4.79 Å². The van der Waals surface area contributed by atoms with Crippen molar-refractivity contribution >= 4 is 21.8 Å². The number of allylic oxidation sites excluding steroid dienone is 1. The Bertz CT molecular complexity index is 346. The lowest BCUT2D eigenvalue weighted by Gasteiger charge is -2.15. The van der Waals surface area contributed by atoms with Crippen molar-refractivity contribution in [1.29, 1.82) is 0 Å². The molecule has 0 fully saturated rings. The predicted octanol–water partition coefficient (Wildman–Crippen LogP) is 2.82. The molecular weight excluding hydrogens is 256 g/mol. The van der Waals surface area contributed by atoms with Gasteiger partial charge < -0.3 is 9.88 Å². The molecule has 1 rings (SSSR count). The van der Waals surface area contributed by atoms with Crippen molar-refractivity contribution < 1.29 is 4.79 Å². The van der Waals surface area contributed by atoms with Gasteiger partial charge >= 0.3 is 0 Å². The largest absolute Gasteiger partial charge is 0.356 e.